The van der Waals surface area contributed by atoms with Crippen LogP contribution >= 0.6 is 0 Å². The van der Waals surface area contributed by atoms with Crippen LogP contribution in [0.3, 0.4) is 0 Å². The number of amides is 2. The van der Waals surface area contributed by atoms with Gasteiger partial charge >= 0.3 is 6.09 Å². The predicted octanol–water partition coefficient (Wildman–Crippen LogP) is 3.25. The average Bonchev–Trinajstić information content (AvgIpc) is 2.70. The Kier molecular flexibility index (Phi) is 6.27. The number of hydrogen-bond donors (Lipinski definition) is 3. The molecule has 7 nitrogen and oxygen atoms in total. The normalized spacial score (nSPS) is 14.3. The summed E-state index contributed by atoms with van der Waals surface area (Å²) in [5, 5.41) is 8.75. The van der Waals surface area contributed by atoms with Gasteiger partial charge in [0, 0.05) is 5.56 Å². The summed E-state index contributed by atoms with van der Waals surface area (Å²) in [5.41, 5.74) is 1.47. The molecule has 3 N–H and O–H groups in total. The van der Waals surface area contributed by atoms with Crippen molar-refractivity contribution < 1.29 is 19.1 Å². The Hall–Kier alpha value is -3.06. The third kappa shape index (κ3) is 5.21. The van der Waals surface area contributed by atoms with Gasteiger partial charge in [-0.15, -0.1) is 0 Å². The van der Waals surface area contributed by atoms with E-state index in [1.165, 1.54) is 0 Å². The van der Waals surface area contributed by atoms with Gasteiger partial charge < -0.3 is 20.1 Å². The maximum atomic E-state index is 12.5. The Morgan fingerprint density at radius 3 is 2.22 bits per heavy atom. The molecule has 1 saturated heterocycles. The molecule has 0 spiro atoms. The molecule has 1 aliphatic rings. The van der Waals surface area contributed by atoms with Crippen molar-refractivity contribution in [2.45, 2.75) is 18.9 Å². The van der Waals surface area contributed by atoms with Crippen LogP contribution in [0.25, 0.3) is 0 Å². The molecule has 0 saturated carbocycles. The summed E-state index contributed by atoms with van der Waals surface area (Å²) in [6, 6.07) is 13.8. The second-order valence-electron chi connectivity index (χ2n) is 6.21. The fourth-order valence-corrected chi connectivity index (χ4v) is 2.84. The molecular formula is C20H23N3O4. The van der Waals surface area contributed by atoms with Gasteiger partial charge in [0.05, 0.1) is 18.5 Å². The lowest BCUT2D eigenvalue weighted by molar-refractivity contribution is 0.0908. The zero-order valence-corrected chi connectivity index (χ0v) is 15.2. The Morgan fingerprint density at radius 2 is 1.59 bits per heavy atom. The SMILES string of the molecule is COc1ccc(C(=O)Nc2ccccc2NC(=O)OC2CCNCC2)cc1. The summed E-state index contributed by atoms with van der Waals surface area (Å²) in [6.45, 7) is 1.68. The first-order valence-electron chi connectivity index (χ1n) is 8.88. The molecule has 0 aromatic heterocycles. The smallest absolute Gasteiger partial charge is 0.411 e. The number of methoxy groups -OCH3 is 1. The van der Waals surface area contributed by atoms with E-state index in [1.54, 1.807) is 55.6 Å². The number of carbonyl (C=O) groups excluding carboxylic acids is 2. The molecule has 0 aliphatic carbocycles. The van der Waals surface area contributed by atoms with E-state index in [1.807, 2.05) is 0 Å². The van der Waals surface area contributed by atoms with Crippen LogP contribution in [0.2, 0.25) is 0 Å². The maximum Gasteiger partial charge on any atom is 0.411 e. The standard InChI is InChI=1S/C20H23N3O4/c1-26-15-8-6-14(7-9-15)19(24)22-17-4-2-3-5-18(17)23-20(25)27-16-10-12-21-13-11-16/h2-9,16,21H,10-13H2,1H3,(H,22,24)(H,23,25). The molecule has 27 heavy (non-hydrogen) atoms. The van der Waals surface area contributed by atoms with Gasteiger partial charge in [0.15, 0.2) is 0 Å². The third-order valence-electron chi connectivity index (χ3n) is 4.32. The van der Waals surface area contributed by atoms with Crippen molar-refractivity contribution in [2.75, 3.05) is 30.8 Å². The molecule has 2 aromatic carbocycles. The van der Waals surface area contributed by atoms with Gasteiger partial charge in [0.2, 0.25) is 0 Å². The van der Waals surface area contributed by atoms with Gasteiger partial charge in [0.25, 0.3) is 5.91 Å². The minimum atomic E-state index is -0.520. The molecule has 7 heteroatoms. The number of carbonyl (C=O) groups is 2. The Balaban J connectivity index is 1.64. The van der Waals surface area contributed by atoms with Crippen molar-refractivity contribution in [3.05, 3.63) is 54.1 Å². The van der Waals surface area contributed by atoms with Crippen molar-refractivity contribution in [1.82, 2.24) is 5.32 Å². The van der Waals surface area contributed by atoms with Crippen LogP contribution in [0, 0.1) is 0 Å². The van der Waals surface area contributed by atoms with Crippen molar-refractivity contribution >= 4 is 23.4 Å². The second kappa shape index (κ2) is 9.05. The first-order valence-corrected chi connectivity index (χ1v) is 8.88. The lowest BCUT2D eigenvalue weighted by Gasteiger charge is -2.23. The lowest BCUT2D eigenvalue weighted by atomic mass is 10.1. The summed E-state index contributed by atoms with van der Waals surface area (Å²) in [5.74, 6) is 0.396. The van der Waals surface area contributed by atoms with E-state index < -0.39 is 6.09 Å². The molecule has 0 atom stereocenters. The van der Waals surface area contributed by atoms with Crippen molar-refractivity contribution in [3.8, 4) is 5.75 Å². The van der Waals surface area contributed by atoms with Crippen LogP contribution in [-0.2, 0) is 4.74 Å². The van der Waals surface area contributed by atoms with Crippen LogP contribution < -0.4 is 20.7 Å². The van der Waals surface area contributed by atoms with Crippen LogP contribution in [0.5, 0.6) is 5.75 Å². The summed E-state index contributed by atoms with van der Waals surface area (Å²) in [7, 11) is 1.57. The molecule has 2 aromatic rings. The summed E-state index contributed by atoms with van der Waals surface area (Å²) in [4.78, 5) is 24.6. The minimum Gasteiger partial charge on any atom is -0.497 e. The van der Waals surface area contributed by atoms with E-state index in [9.17, 15) is 9.59 Å². The number of rotatable bonds is 5. The Bertz CT molecular complexity index is 786. The number of ether oxygens (including phenoxy) is 2. The highest BCUT2D eigenvalue weighted by Gasteiger charge is 2.18. The number of piperidine rings is 1. The first kappa shape index (κ1) is 18.7. The molecule has 1 aliphatic heterocycles. The topological polar surface area (TPSA) is 88.7 Å². The number of benzene rings is 2. The maximum absolute atomic E-state index is 12.5. The van der Waals surface area contributed by atoms with Crippen LogP contribution in [0.15, 0.2) is 48.5 Å². The van der Waals surface area contributed by atoms with Crippen LogP contribution in [0.1, 0.15) is 23.2 Å². The Labute approximate surface area is 158 Å². The number of anilines is 2. The molecular weight excluding hydrogens is 346 g/mol. The van der Waals surface area contributed by atoms with E-state index in [0.717, 1.165) is 25.9 Å². The third-order valence-corrected chi connectivity index (χ3v) is 4.32. The van der Waals surface area contributed by atoms with Crippen molar-refractivity contribution in [3.63, 3.8) is 0 Å². The minimum absolute atomic E-state index is 0.0905. The quantitative estimate of drug-likeness (QED) is 0.753. The number of hydrogen-bond acceptors (Lipinski definition) is 5. The van der Waals surface area contributed by atoms with Gasteiger partial charge in [-0.3, -0.25) is 10.1 Å². The van der Waals surface area contributed by atoms with E-state index in [-0.39, 0.29) is 12.0 Å². The first-order chi connectivity index (χ1) is 13.2. The van der Waals surface area contributed by atoms with Crippen LogP contribution in [-0.4, -0.2) is 38.3 Å². The highest BCUT2D eigenvalue weighted by molar-refractivity contribution is 6.06. The molecule has 0 bridgehead atoms. The summed E-state index contributed by atoms with van der Waals surface area (Å²) >= 11 is 0. The molecule has 2 amide bonds. The van der Waals surface area contributed by atoms with Crippen molar-refractivity contribution in [1.29, 1.82) is 0 Å². The number of para-hydroxylation sites is 2. The zero-order valence-electron chi connectivity index (χ0n) is 15.2. The van der Waals surface area contributed by atoms with Gasteiger partial charge in [-0.1, -0.05) is 12.1 Å². The van der Waals surface area contributed by atoms with Crippen LogP contribution in [0.4, 0.5) is 16.2 Å². The molecule has 142 valence electrons. The monoisotopic (exact) mass is 369 g/mol. The second-order valence-corrected chi connectivity index (χ2v) is 6.21. The zero-order chi connectivity index (χ0) is 19.1. The lowest BCUT2D eigenvalue weighted by Crippen LogP contribution is -2.34. The molecule has 3 rings (SSSR count). The summed E-state index contributed by atoms with van der Waals surface area (Å²) in [6.07, 6.45) is 0.979. The fraction of sp³-hybridized carbons (Fsp3) is 0.300. The molecule has 0 radical (unpaired) electrons. The average molecular weight is 369 g/mol. The fourth-order valence-electron chi connectivity index (χ4n) is 2.84. The van der Waals surface area contributed by atoms with Gasteiger partial charge in [-0.05, 0) is 62.3 Å². The predicted molar refractivity (Wildman–Crippen MR) is 103 cm³/mol. The Morgan fingerprint density at radius 1 is 0.963 bits per heavy atom. The molecule has 1 fully saturated rings. The number of nitrogens with one attached hydrogen (secondary N) is 3. The largest absolute Gasteiger partial charge is 0.497 e. The highest BCUT2D eigenvalue weighted by Crippen LogP contribution is 2.23. The molecule has 1 heterocycles. The summed E-state index contributed by atoms with van der Waals surface area (Å²) < 4.78 is 10.5. The molecule has 0 unspecified atom stereocenters. The highest BCUT2D eigenvalue weighted by atomic mass is 16.6. The van der Waals surface area contributed by atoms with Gasteiger partial charge in [-0.2, -0.15) is 0 Å². The van der Waals surface area contributed by atoms with E-state index in [4.69, 9.17) is 9.47 Å². The van der Waals surface area contributed by atoms with E-state index in [2.05, 4.69) is 16.0 Å². The van der Waals surface area contributed by atoms with Gasteiger partial charge in [-0.25, -0.2) is 4.79 Å². The van der Waals surface area contributed by atoms with Gasteiger partial charge in [0.1, 0.15) is 11.9 Å². The van der Waals surface area contributed by atoms with E-state index in [0.29, 0.717) is 22.7 Å². The van der Waals surface area contributed by atoms with Crippen molar-refractivity contribution in [2.24, 2.45) is 0 Å². The van der Waals surface area contributed by atoms with E-state index >= 15 is 0 Å².